The van der Waals surface area contributed by atoms with Crippen LogP contribution in [0.1, 0.15) is 23.7 Å². The summed E-state index contributed by atoms with van der Waals surface area (Å²) in [6.07, 6.45) is 0.472. The number of carbonyl (C=O) groups is 2. The first-order valence-electron chi connectivity index (χ1n) is 6.22. The Bertz CT molecular complexity index is 669. The number of hydrogen-bond acceptors (Lipinski definition) is 4. The normalized spacial score (nSPS) is 14.8. The van der Waals surface area contributed by atoms with Gasteiger partial charge in [0.05, 0.1) is 17.0 Å². The summed E-state index contributed by atoms with van der Waals surface area (Å²) in [5.74, 6) is -2.65. The Morgan fingerprint density at radius 3 is 2.55 bits per heavy atom. The zero-order valence-electron chi connectivity index (χ0n) is 10.9. The van der Waals surface area contributed by atoms with Gasteiger partial charge in [0.15, 0.2) is 9.84 Å². The standard InChI is InChI=1S/C13H14FNO4S/c1-2-7-20(18,19)8-6-15-11-9(12(16)13(15)17)4-3-5-10(11)14/h3-5H,2,6-8H2,1H3. The van der Waals surface area contributed by atoms with Gasteiger partial charge in [0.25, 0.3) is 11.7 Å². The lowest BCUT2D eigenvalue weighted by Gasteiger charge is -2.16. The molecule has 108 valence electrons. The molecule has 0 radical (unpaired) electrons. The number of para-hydroxylation sites is 1. The van der Waals surface area contributed by atoms with Crippen molar-refractivity contribution in [3.8, 4) is 0 Å². The lowest BCUT2D eigenvalue weighted by Crippen LogP contribution is -2.35. The molecular weight excluding hydrogens is 285 g/mol. The molecule has 0 atom stereocenters. The van der Waals surface area contributed by atoms with Crippen LogP contribution in [0.3, 0.4) is 0 Å². The molecule has 0 bridgehead atoms. The predicted molar refractivity (Wildman–Crippen MR) is 72.0 cm³/mol. The maximum Gasteiger partial charge on any atom is 0.299 e. The second kappa shape index (κ2) is 5.32. The number of sulfone groups is 1. The summed E-state index contributed by atoms with van der Waals surface area (Å²) >= 11 is 0. The SMILES string of the molecule is CCCS(=O)(=O)CCN1C(=O)C(=O)c2cccc(F)c21. The van der Waals surface area contributed by atoms with Gasteiger partial charge >= 0.3 is 0 Å². The fourth-order valence-corrected chi connectivity index (χ4v) is 3.46. The van der Waals surface area contributed by atoms with E-state index in [-0.39, 0.29) is 29.3 Å². The number of benzene rings is 1. The van der Waals surface area contributed by atoms with E-state index in [1.165, 1.54) is 12.1 Å². The van der Waals surface area contributed by atoms with E-state index in [9.17, 15) is 22.4 Å². The van der Waals surface area contributed by atoms with Crippen LogP contribution in [0.15, 0.2) is 18.2 Å². The number of hydrogen-bond donors (Lipinski definition) is 0. The summed E-state index contributed by atoms with van der Waals surface area (Å²) in [5.41, 5.74) is -0.128. The van der Waals surface area contributed by atoms with Crippen molar-refractivity contribution in [1.82, 2.24) is 0 Å². The molecule has 0 aromatic heterocycles. The molecule has 1 aliphatic rings. The first-order valence-corrected chi connectivity index (χ1v) is 8.04. The summed E-state index contributed by atoms with van der Waals surface area (Å²) in [7, 11) is -3.30. The Morgan fingerprint density at radius 1 is 1.20 bits per heavy atom. The van der Waals surface area contributed by atoms with Crippen molar-refractivity contribution >= 4 is 27.2 Å². The number of fused-ring (bicyclic) bond motifs is 1. The minimum absolute atomic E-state index is 0.00705. The zero-order valence-corrected chi connectivity index (χ0v) is 11.7. The summed E-state index contributed by atoms with van der Waals surface area (Å²) in [6, 6.07) is 3.84. The van der Waals surface area contributed by atoms with Crippen LogP contribution in [0.4, 0.5) is 10.1 Å². The number of Topliss-reactive ketones (excluding diaryl/α,β-unsaturated/α-hetero) is 1. The van der Waals surface area contributed by atoms with E-state index < -0.39 is 27.3 Å². The first-order chi connectivity index (χ1) is 9.37. The molecule has 5 nitrogen and oxygen atoms in total. The molecule has 0 unspecified atom stereocenters. The monoisotopic (exact) mass is 299 g/mol. The van der Waals surface area contributed by atoms with E-state index >= 15 is 0 Å². The highest BCUT2D eigenvalue weighted by Crippen LogP contribution is 2.31. The molecule has 0 spiro atoms. The van der Waals surface area contributed by atoms with Gasteiger partial charge in [0.2, 0.25) is 0 Å². The van der Waals surface area contributed by atoms with Crippen LogP contribution in [-0.4, -0.2) is 38.2 Å². The third-order valence-corrected chi connectivity index (χ3v) is 4.92. The fourth-order valence-electron chi connectivity index (χ4n) is 2.17. The molecular formula is C13H14FNO4S. The molecule has 1 aliphatic heterocycles. The van der Waals surface area contributed by atoms with Gasteiger partial charge in [-0.15, -0.1) is 0 Å². The molecule has 0 fully saturated rings. The van der Waals surface area contributed by atoms with Crippen LogP contribution in [0.5, 0.6) is 0 Å². The maximum atomic E-state index is 13.8. The summed E-state index contributed by atoms with van der Waals surface area (Å²) in [6.45, 7) is 1.53. The summed E-state index contributed by atoms with van der Waals surface area (Å²) in [4.78, 5) is 24.4. The van der Waals surface area contributed by atoms with Crippen molar-refractivity contribution in [2.75, 3.05) is 23.0 Å². The van der Waals surface area contributed by atoms with E-state index in [0.717, 1.165) is 11.0 Å². The molecule has 1 amide bonds. The molecule has 7 heteroatoms. The molecule has 2 rings (SSSR count). The van der Waals surface area contributed by atoms with Crippen molar-refractivity contribution < 1.29 is 22.4 Å². The maximum absolute atomic E-state index is 13.8. The van der Waals surface area contributed by atoms with Crippen molar-refractivity contribution in [3.05, 3.63) is 29.6 Å². The first kappa shape index (κ1) is 14.6. The second-order valence-corrected chi connectivity index (χ2v) is 6.88. The van der Waals surface area contributed by atoms with Crippen LogP contribution < -0.4 is 4.90 Å². The number of nitrogens with zero attached hydrogens (tertiary/aromatic N) is 1. The van der Waals surface area contributed by atoms with E-state index in [0.29, 0.717) is 6.42 Å². The zero-order chi connectivity index (χ0) is 14.9. The topological polar surface area (TPSA) is 71.5 Å². The average Bonchev–Trinajstić information content (AvgIpc) is 2.62. The highest BCUT2D eigenvalue weighted by Gasteiger charge is 2.38. The number of ketones is 1. The van der Waals surface area contributed by atoms with Crippen LogP contribution in [0.2, 0.25) is 0 Å². The highest BCUT2D eigenvalue weighted by molar-refractivity contribution is 7.91. The Morgan fingerprint density at radius 2 is 1.90 bits per heavy atom. The molecule has 0 N–H and O–H groups in total. The molecule has 0 saturated heterocycles. The summed E-state index contributed by atoms with van der Waals surface area (Å²) in [5, 5.41) is 0. The van der Waals surface area contributed by atoms with E-state index in [1.807, 2.05) is 0 Å². The van der Waals surface area contributed by atoms with Gasteiger partial charge in [0.1, 0.15) is 5.82 Å². The number of rotatable bonds is 5. The third kappa shape index (κ3) is 2.58. The van der Waals surface area contributed by atoms with Gasteiger partial charge in [-0.3, -0.25) is 9.59 Å². The highest BCUT2D eigenvalue weighted by atomic mass is 32.2. The van der Waals surface area contributed by atoms with Crippen LogP contribution >= 0.6 is 0 Å². The number of halogens is 1. The fraction of sp³-hybridized carbons (Fsp3) is 0.385. The molecule has 0 saturated carbocycles. The van der Waals surface area contributed by atoms with Crippen LogP contribution in [0, 0.1) is 5.82 Å². The van der Waals surface area contributed by atoms with Crippen molar-refractivity contribution in [2.45, 2.75) is 13.3 Å². The van der Waals surface area contributed by atoms with Crippen LogP contribution in [0.25, 0.3) is 0 Å². The van der Waals surface area contributed by atoms with Gasteiger partial charge in [0, 0.05) is 12.3 Å². The minimum Gasteiger partial charge on any atom is -0.301 e. The number of amides is 1. The lowest BCUT2D eigenvalue weighted by atomic mass is 10.1. The van der Waals surface area contributed by atoms with Gasteiger partial charge in [-0.1, -0.05) is 13.0 Å². The largest absolute Gasteiger partial charge is 0.301 e. The Balaban J connectivity index is 2.27. The van der Waals surface area contributed by atoms with Gasteiger partial charge in [-0.25, -0.2) is 12.8 Å². The van der Waals surface area contributed by atoms with Gasteiger partial charge in [-0.2, -0.15) is 0 Å². The number of carbonyl (C=O) groups excluding carboxylic acids is 2. The Hall–Kier alpha value is -1.76. The molecule has 1 aromatic rings. The third-order valence-electron chi connectivity index (χ3n) is 3.08. The Kier molecular flexibility index (Phi) is 3.89. The average molecular weight is 299 g/mol. The molecule has 0 aliphatic carbocycles. The van der Waals surface area contributed by atoms with Gasteiger partial charge < -0.3 is 4.90 Å². The van der Waals surface area contributed by atoms with Crippen molar-refractivity contribution in [2.24, 2.45) is 0 Å². The number of anilines is 1. The van der Waals surface area contributed by atoms with E-state index in [1.54, 1.807) is 6.92 Å². The predicted octanol–water partition coefficient (Wildman–Crippen LogP) is 1.18. The van der Waals surface area contributed by atoms with Gasteiger partial charge in [-0.05, 0) is 18.6 Å². The summed E-state index contributed by atoms with van der Waals surface area (Å²) < 4.78 is 37.1. The second-order valence-electron chi connectivity index (χ2n) is 4.57. The minimum atomic E-state index is -3.30. The quantitative estimate of drug-likeness (QED) is 0.765. The van der Waals surface area contributed by atoms with E-state index in [4.69, 9.17) is 0 Å². The smallest absolute Gasteiger partial charge is 0.299 e. The van der Waals surface area contributed by atoms with E-state index in [2.05, 4.69) is 0 Å². The molecule has 1 heterocycles. The Labute approximate surface area is 116 Å². The lowest BCUT2D eigenvalue weighted by molar-refractivity contribution is -0.114. The van der Waals surface area contributed by atoms with Crippen molar-refractivity contribution in [1.29, 1.82) is 0 Å². The molecule has 1 aromatic carbocycles. The van der Waals surface area contributed by atoms with Crippen LogP contribution in [-0.2, 0) is 14.6 Å². The van der Waals surface area contributed by atoms with Crippen molar-refractivity contribution in [3.63, 3.8) is 0 Å². The molecule has 20 heavy (non-hydrogen) atoms.